The van der Waals surface area contributed by atoms with E-state index in [9.17, 15) is 4.39 Å². The molecule has 0 fully saturated rings. The summed E-state index contributed by atoms with van der Waals surface area (Å²) in [5.74, 6) is 0.511. The van der Waals surface area contributed by atoms with Crippen molar-refractivity contribution in [3.05, 3.63) is 52.1 Å². The third-order valence-corrected chi connectivity index (χ3v) is 2.75. The van der Waals surface area contributed by atoms with Crippen molar-refractivity contribution < 1.29 is 8.91 Å². The maximum atomic E-state index is 13.2. The van der Waals surface area contributed by atoms with Gasteiger partial charge < -0.3 is 9.84 Å². The highest BCUT2D eigenvalue weighted by Crippen LogP contribution is 2.16. The number of benzene rings is 1. The van der Waals surface area contributed by atoms with E-state index in [4.69, 9.17) is 4.52 Å². The van der Waals surface area contributed by atoms with Crippen LogP contribution in [0.3, 0.4) is 0 Å². The molecule has 0 amide bonds. The fourth-order valence-corrected chi connectivity index (χ4v) is 1.56. The van der Waals surface area contributed by atoms with Crippen LogP contribution >= 0.6 is 15.9 Å². The molecule has 0 aliphatic heterocycles. The Morgan fingerprint density at radius 1 is 1.31 bits per heavy atom. The van der Waals surface area contributed by atoms with Crippen molar-refractivity contribution in [2.45, 2.75) is 13.1 Å². The Labute approximate surface area is 101 Å². The molecular weight excluding hydrogens is 275 g/mol. The predicted molar refractivity (Wildman–Crippen MR) is 61.1 cm³/mol. The number of nitrogens with zero attached hydrogens (tertiary/aromatic N) is 1. The lowest BCUT2D eigenvalue weighted by Crippen LogP contribution is -2.12. The summed E-state index contributed by atoms with van der Waals surface area (Å²) in [5.41, 5.74) is 0.889. The number of aromatic nitrogens is 1. The van der Waals surface area contributed by atoms with Crippen LogP contribution < -0.4 is 5.32 Å². The second-order valence-corrected chi connectivity index (χ2v) is 4.19. The second-order valence-electron chi connectivity index (χ2n) is 3.33. The van der Waals surface area contributed by atoms with Gasteiger partial charge in [0.05, 0.1) is 17.2 Å². The zero-order valence-corrected chi connectivity index (χ0v) is 10.00. The van der Waals surface area contributed by atoms with E-state index in [1.807, 2.05) is 6.07 Å². The zero-order chi connectivity index (χ0) is 11.4. The first kappa shape index (κ1) is 11.3. The van der Waals surface area contributed by atoms with Crippen LogP contribution in [0.1, 0.15) is 11.3 Å². The number of rotatable bonds is 4. The zero-order valence-electron chi connectivity index (χ0n) is 8.41. The van der Waals surface area contributed by atoms with Gasteiger partial charge in [-0.1, -0.05) is 11.2 Å². The summed E-state index contributed by atoms with van der Waals surface area (Å²) in [4.78, 5) is 0. The van der Waals surface area contributed by atoms with Crippen molar-refractivity contribution in [2.75, 3.05) is 0 Å². The second kappa shape index (κ2) is 5.23. The molecular formula is C11H10BrFN2O. The van der Waals surface area contributed by atoms with Crippen molar-refractivity contribution in [1.82, 2.24) is 10.5 Å². The maximum Gasteiger partial charge on any atom is 0.150 e. The topological polar surface area (TPSA) is 38.1 Å². The summed E-state index contributed by atoms with van der Waals surface area (Å²) in [5, 5.41) is 6.73. The highest BCUT2D eigenvalue weighted by Gasteiger charge is 2.01. The Balaban J connectivity index is 1.87. The Morgan fingerprint density at radius 3 is 2.88 bits per heavy atom. The first-order valence-electron chi connectivity index (χ1n) is 4.80. The van der Waals surface area contributed by atoms with E-state index in [0.29, 0.717) is 17.6 Å². The Bertz CT molecular complexity index is 459. The molecule has 0 aliphatic carbocycles. The van der Waals surface area contributed by atoms with Crippen molar-refractivity contribution in [1.29, 1.82) is 0 Å². The Hall–Kier alpha value is -1.20. The summed E-state index contributed by atoms with van der Waals surface area (Å²) in [6.45, 7) is 1.17. The molecule has 0 bridgehead atoms. The smallest absolute Gasteiger partial charge is 0.150 e. The molecule has 0 radical (unpaired) electrons. The van der Waals surface area contributed by atoms with Crippen molar-refractivity contribution in [3.8, 4) is 0 Å². The molecule has 2 rings (SSSR count). The molecule has 0 saturated carbocycles. The molecule has 1 N–H and O–H groups in total. The molecule has 3 nitrogen and oxygen atoms in total. The monoisotopic (exact) mass is 284 g/mol. The SMILES string of the molecule is Fc1cc(CNCc2ccno2)ccc1Br. The lowest BCUT2D eigenvalue weighted by atomic mass is 10.2. The van der Waals surface area contributed by atoms with Crippen LogP contribution in [0.15, 0.2) is 39.5 Å². The Morgan fingerprint density at radius 2 is 2.19 bits per heavy atom. The Kier molecular flexibility index (Phi) is 3.69. The van der Waals surface area contributed by atoms with Gasteiger partial charge in [0.2, 0.25) is 0 Å². The van der Waals surface area contributed by atoms with Gasteiger partial charge in [-0.2, -0.15) is 0 Å². The van der Waals surface area contributed by atoms with Crippen LogP contribution in [0.25, 0.3) is 0 Å². The van der Waals surface area contributed by atoms with E-state index in [1.54, 1.807) is 18.3 Å². The van der Waals surface area contributed by atoms with Crippen LogP contribution in [0.5, 0.6) is 0 Å². The average molecular weight is 285 g/mol. The minimum absolute atomic E-state index is 0.251. The number of halogens is 2. The first-order chi connectivity index (χ1) is 7.75. The molecule has 16 heavy (non-hydrogen) atoms. The molecule has 0 atom stereocenters. The summed E-state index contributed by atoms with van der Waals surface area (Å²) in [6, 6.07) is 6.84. The standard InChI is InChI=1S/C11H10BrFN2O/c12-10-2-1-8(5-11(10)13)6-14-7-9-3-4-15-16-9/h1-5,14H,6-7H2. The minimum atomic E-state index is -0.251. The third-order valence-electron chi connectivity index (χ3n) is 2.10. The van der Waals surface area contributed by atoms with Gasteiger partial charge in [0.1, 0.15) is 11.6 Å². The van der Waals surface area contributed by atoms with Gasteiger partial charge in [0.25, 0.3) is 0 Å². The lowest BCUT2D eigenvalue weighted by molar-refractivity contribution is 0.372. The highest BCUT2D eigenvalue weighted by molar-refractivity contribution is 9.10. The van der Waals surface area contributed by atoms with Crippen molar-refractivity contribution in [2.24, 2.45) is 0 Å². The molecule has 0 unspecified atom stereocenters. The highest BCUT2D eigenvalue weighted by atomic mass is 79.9. The van der Waals surface area contributed by atoms with Crippen molar-refractivity contribution in [3.63, 3.8) is 0 Å². The molecule has 0 spiro atoms. The first-order valence-corrected chi connectivity index (χ1v) is 5.59. The molecule has 84 valence electrons. The molecule has 5 heteroatoms. The number of nitrogens with one attached hydrogen (secondary N) is 1. The molecule has 1 aromatic carbocycles. The van der Waals surface area contributed by atoms with Gasteiger partial charge in [-0.15, -0.1) is 0 Å². The van der Waals surface area contributed by atoms with Gasteiger partial charge in [-0.25, -0.2) is 4.39 Å². The third kappa shape index (κ3) is 2.90. The normalized spacial score (nSPS) is 10.6. The van der Waals surface area contributed by atoms with Gasteiger partial charge >= 0.3 is 0 Å². The van der Waals surface area contributed by atoms with E-state index in [-0.39, 0.29) is 5.82 Å². The summed E-state index contributed by atoms with van der Waals surface area (Å²) < 4.78 is 18.6. The molecule has 2 aromatic rings. The lowest BCUT2D eigenvalue weighted by Gasteiger charge is -2.03. The number of hydrogen-bond acceptors (Lipinski definition) is 3. The van der Waals surface area contributed by atoms with E-state index >= 15 is 0 Å². The molecule has 0 saturated heterocycles. The minimum Gasteiger partial charge on any atom is -0.360 e. The van der Waals surface area contributed by atoms with E-state index in [0.717, 1.165) is 11.3 Å². The molecule has 0 aliphatic rings. The van der Waals surface area contributed by atoms with Crippen molar-refractivity contribution >= 4 is 15.9 Å². The van der Waals surface area contributed by atoms with Gasteiger partial charge in [-0.05, 0) is 33.6 Å². The summed E-state index contributed by atoms with van der Waals surface area (Å²) >= 11 is 3.11. The fraction of sp³-hybridized carbons (Fsp3) is 0.182. The predicted octanol–water partition coefficient (Wildman–Crippen LogP) is 2.87. The number of hydrogen-bond donors (Lipinski definition) is 1. The van der Waals surface area contributed by atoms with Crippen LogP contribution in [-0.4, -0.2) is 5.16 Å². The fourth-order valence-electron chi connectivity index (χ4n) is 1.31. The van der Waals surface area contributed by atoms with Gasteiger partial charge in [0.15, 0.2) is 0 Å². The van der Waals surface area contributed by atoms with Gasteiger partial charge in [0, 0.05) is 12.6 Å². The quantitative estimate of drug-likeness (QED) is 0.938. The van der Waals surface area contributed by atoms with E-state index in [1.165, 1.54) is 6.07 Å². The molecule has 1 heterocycles. The van der Waals surface area contributed by atoms with Crippen LogP contribution in [-0.2, 0) is 13.1 Å². The van der Waals surface area contributed by atoms with Crippen LogP contribution in [0, 0.1) is 5.82 Å². The van der Waals surface area contributed by atoms with E-state index in [2.05, 4.69) is 26.4 Å². The van der Waals surface area contributed by atoms with E-state index < -0.39 is 0 Å². The molecule has 1 aromatic heterocycles. The maximum absolute atomic E-state index is 13.2. The van der Waals surface area contributed by atoms with Crippen LogP contribution in [0.2, 0.25) is 0 Å². The largest absolute Gasteiger partial charge is 0.360 e. The van der Waals surface area contributed by atoms with Gasteiger partial charge in [-0.3, -0.25) is 0 Å². The summed E-state index contributed by atoms with van der Waals surface area (Å²) in [7, 11) is 0. The summed E-state index contributed by atoms with van der Waals surface area (Å²) in [6.07, 6.45) is 1.59. The average Bonchev–Trinajstić information content (AvgIpc) is 2.76. The van der Waals surface area contributed by atoms with Crippen LogP contribution in [0.4, 0.5) is 4.39 Å².